The zero-order valence-corrected chi connectivity index (χ0v) is 11.1. The van der Waals surface area contributed by atoms with E-state index >= 15 is 0 Å². The van der Waals surface area contributed by atoms with Crippen molar-refractivity contribution in [2.75, 3.05) is 13.1 Å². The number of terminal acetylenes is 1. The fourth-order valence-electron chi connectivity index (χ4n) is 2.71. The molecule has 1 saturated carbocycles. The van der Waals surface area contributed by atoms with E-state index in [2.05, 4.69) is 5.92 Å². The van der Waals surface area contributed by atoms with Gasteiger partial charge in [0.1, 0.15) is 0 Å². The summed E-state index contributed by atoms with van der Waals surface area (Å²) < 4.78 is 0. The predicted octanol–water partition coefficient (Wildman–Crippen LogP) is 1.61. The van der Waals surface area contributed by atoms with Crippen LogP contribution in [0.25, 0.3) is 0 Å². The maximum Gasteiger partial charge on any atom is 0.307 e. The molecule has 1 aliphatic rings. The third-order valence-corrected chi connectivity index (χ3v) is 3.85. The summed E-state index contributed by atoms with van der Waals surface area (Å²) in [6.07, 6.45) is 7.44. The minimum atomic E-state index is -0.860. The molecule has 3 atom stereocenters. The topological polar surface area (TPSA) is 57.6 Å². The third-order valence-electron chi connectivity index (χ3n) is 3.85. The third kappa shape index (κ3) is 3.04. The van der Waals surface area contributed by atoms with Gasteiger partial charge in [0.15, 0.2) is 0 Å². The van der Waals surface area contributed by atoms with Gasteiger partial charge >= 0.3 is 5.97 Å². The quantitative estimate of drug-likeness (QED) is 0.755. The van der Waals surface area contributed by atoms with Crippen molar-refractivity contribution < 1.29 is 14.7 Å². The van der Waals surface area contributed by atoms with Crippen LogP contribution in [-0.2, 0) is 9.59 Å². The smallest absolute Gasteiger partial charge is 0.307 e. The van der Waals surface area contributed by atoms with Gasteiger partial charge in [0, 0.05) is 6.54 Å². The summed E-state index contributed by atoms with van der Waals surface area (Å²) in [7, 11) is 0. The Labute approximate surface area is 108 Å². The normalized spacial score (nSPS) is 26.6. The van der Waals surface area contributed by atoms with Crippen LogP contribution in [0.5, 0.6) is 0 Å². The first kappa shape index (κ1) is 14.6. The molecule has 1 N–H and O–H groups in total. The van der Waals surface area contributed by atoms with E-state index < -0.39 is 17.8 Å². The summed E-state index contributed by atoms with van der Waals surface area (Å²) in [6, 6.07) is 0. The monoisotopic (exact) mass is 251 g/mol. The van der Waals surface area contributed by atoms with Gasteiger partial charge in [-0.05, 0) is 25.7 Å². The lowest BCUT2D eigenvalue weighted by Gasteiger charge is -2.24. The van der Waals surface area contributed by atoms with Crippen molar-refractivity contribution in [1.29, 1.82) is 0 Å². The van der Waals surface area contributed by atoms with E-state index in [0.29, 0.717) is 25.3 Å². The molecule has 1 amide bonds. The van der Waals surface area contributed by atoms with Gasteiger partial charge < -0.3 is 10.0 Å². The van der Waals surface area contributed by atoms with Crippen molar-refractivity contribution in [1.82, 2.24) is 4.90 Å². The summed E-state index contributed by atoms with van der Waals surface area (Å²) in [6.45, 7) is 4.68. The first-order valence-electron chi connectivity index (χ1n) is 6.50. The SMILES string of the molecule is C#CCN(CC)C(=O)C1CC(CC)CC1C(=O)O. The number of carbonyl (C=O) groups excluding carboxylic acids is 1. The van der Waals surface area contributed by atoms with Crippen LogP contribution in [0.1, 0.15) is 33.1 Å². The van der Waals surface area contributed by atoms with Crippen LogP contribution in [0, 0.1) is 30.1 Å². The highest BCUT2D eigenvalue weighted by molar-refractivity contribution is 5.85. The number of carboxylic acid groups (broad SMARTS) is 1. The number of amides is 1. The molecular weight excluding hydrogens is 230 g/mol. The molecule has 0 radical (unpaired) electrons. The molecule has 0 aliphatic heterocycles. The van der Waals surface area contributed by atoms with E-state index in [9.17, 15) is 14.7 Å². The second kappa shape index (κ2) is 6.44. The Morgan fingerprint density at radius 3 is 2.39 bits per heavy atom. The molecule has 0 aromatic heterocycles. The molecule has 4 nitrogen and oxygen atoms in total. The molecule has 3 unspecified atom stereocenters. The Kier molecular flexibility index (Phi) is 5.21. The van der Waals surface area contributed by atoms with Crippen molar-refractivity contribution in [2.24, 2.45) is 17.8 Å². The molecule has 1 rings (SSSR count). The average molecular weight is 251 g/mol. The Morgan fingerprint density at radius 2 is 1.94 bits per heavy atom. The van der Waals surface area contributed by atoms with Gasteiger partial charge in [-0.15, -0.1) is 6.42 Å². The average Bonchev–Trinajstić information content (AvgIpc) is 2.79. The Bertz CT molecular complexity index is 359. The molecule has 0 spiro atoms. The van der Waals surface area contributed by atoms with E-state index in [-0.39, 0.29) is 12.5 Å². The minimum absolute atomic E-state index is 0.0983. The standard InChI is InChI=1S/C14H21NO3/c1-4-7-15(6-3)13(16)11-8-10(5-2)9-12(11)14(17)18/h1,10-12H,5-9H2,2-3H3,(H,17,18). The number of rotatable bonds is 5. The second-order valence-corrected chi connectivity index (χ2v) is 4.85. The molecule has 18 heavy (non-hydrogen) atoms. The van der Waals surface area contributed by atoms with Gasteiger partial charge in [0.2, 0.25) is 5.91 Å². The van der Waals surface area contributed by atoms with Crippen LogP contribution in [0.4, 0.5) is 0 Å². The minimum Gasteiger partial charge on any atom is -0.481 e. The van der Waals surface area contributed by atoms with Gasteiger partial charge in [-0.2, -0.15) is 0 Å². The van der Waals surface area contributed by atoms with E-state index in [1.165, 1.54) is 0 Å². The molecule has 100 valence electrons. The Balaban J connectivity index is 2.82. The number of hydrogen-bond acceptors (Lipinski definition) is 2. The van der Waals surface area contributed by atoms with Gasteiger partial charge in [-0.25, -0.2) is 0 Å². The highest BCUT2D eigenvalue weighted by Crippen LogP contribution is 2.39. The molecule has 0 heterocycles. The van der Waals surface area contributed by atoms with Crippen molar-refractivity contribution in [3.63, 3.8) is 0 Å². The van der Waals surface area contributed by atoms with Crippen molar-refractivity contribution >= 4 is 11.9 Å². The van der Waals surface area contributed by atoms with Crippen molar-refractivity contribution in [2.45, 2.75) is 33.1 Å². The number of nitrogens with zero attached hydrogens (tertiary/aromatic N) is 1. The van der Waals surface area contributed by atoms with E-state index in [0.717, 1.165) is 6.42 Å². The molecule has 0 aromatic carbocycles. The largest absolute Gasteiger partial charge is 0.481 e. The summed E-state index contributed by atoms with van der Waals surface area (Å²) in [5, 5.41) is 9.22. The zero-order chi connectivity index (χ0) is 13.7. The lowest BCUT2D eigenvalue weighted by Crippen LogP contribution is -2.39. The van der Waals surface area contributed by atoms with Crippen molar-refractivity contribution in [3.8, 4) is 12.3 Å². The maximum absolute atomic E-state index is 12.3. The first-order chi connectivity index (χ1) is 8.54. The summed E-state index contributed by atoms with van der Waals surface area (Å²) in [4.78, 5) is 25.1. The molecule has 1 fully saturated rings. The first-order valence-corrected chi connectivity index (χ1v) is 6.50. The zero-order valence-electron chi connectivity index (χ0n) is 11.1. The molecule has 0 aromatic rings. The second-order valence-electron chi connectivity index (χ2n) is 4.85. The fourth-order valence-corrected chi connectivity index (χ4v) is 2.71. The van der Waals surface area contributed by atoms with Gasteiger partial charge in [0.25, 0.3) is 0 Å². The Hall–Kier alpha value is -1.50. The van der Waals surface area contributed by atoms with Gasteiger partial charge in [-0.1, -0.05) is 19.3 Å². The molecule has 0 saturated heterocycles. The summed E-state index contributed by atoms with van der Waals surface area (Å²) >= 11 is 0. The molecule has 0 bridgehead atoms. The molecule has 1 aliphatic carbocycles. The number of carboxylic acids is 1. The van der Waals surface area contributed by atoms with Crippen LogP contribution >= 0.6 is 0 Å². The van der Waals surface area contributed by atoms with E-state index in [1.54, 1.807) is 4.90 Å². The van der Waals surface area contributed by atoms with Gasteiger partial charge in [0.05, 0.1) is 18.4 Å². The number of aliphatic carboxylic acids is 1. The lowest BCUT2D eigenvalue weighted by molar-refractivity contribution is -0.148. The molecule has 4 heteroatoms. The van der Waals surface area contributed by atoms with Crippen LogP contribution < -0.4 is 0 Å². The fraction of sp³-hybridized carbons (Fsp3) is 0.714. The van der Waals surface area contributed by atoms with Crippen LogP contribution in [0.2, 0.25) is 0 Å². The highest BCUT2D eigenvalue weighted by atomic mass is 16.4. The Morgan fingerprint density at radius 1 is 1.33 bits per heavy atom. The highest BCUT2D eigenvalue weighted by Gasteiger charge is 2.43. The maximum atomic E-state index is 12.3. The lowest BCUT2D eigenvalue weighted by atomic mass is 9.94. The van der Waals surface area contributed by atoms with E-state index in [1.807, 2.05) is 13.8 Å². The number of hydrogen-bond donors (Lipinski definition) is 1. The molecular formula is C14H21NO3. The summed E-state index contributed by atoms with van der Waals surface area (Å²) in [5.74, 6) is 0.880. The van der Waals surface area contributed by atoms with Gasteiger partial charge in [-0.3, -0.25) is 9.59 Å². The predicted molar refractivity (Wildman–Crippen MR) is 68.7 cm³/mol. The number of carbonyl (C=O) groups is 2. The van der Waals surface area contributed by atoms with Crippen LogP contribution in [-0.4, -0.2) is 35.0 Å². The summed E-state index contributed by atoms with van der Waals surface area (Å²) in [5.41, 5.74) is 0. The van der Waals surface area contributed by atoms with Crippen LogP contribution in [0.15, 0.2) is 0 Å². The van der Waals surface area contributed by atoms with Crippen LogP contribution in [0.3, 0.4) is 0 Å². The van der Waals surface area contributed by atoms with Crippen molar-refractivity contribution in [3.05, 3.63) is 0 Å². The van der Waals surface area contributed by atoms with E-state index in [4.69, 9.17) is 6.42 Å².